The number of thioether (sulfide) groups is 1. The van der Waals surface area contributed by atoms with Gasteiger partial charge in [-0.3, -0.25) is 9.59 Å². The molecule has 0 unspecified atom stereocenters. The molecule has 1 aliphatic heterocycles. The first kappa shape index (κ1) is 14.7. The fourth-order valence-electron chi connectivity index (χ4n) is 3.28. The molecule has 5 nitrogen and oxygen atoms in total. The molecule has 118 valence electrons. The molecule has 0 radical (unpaired) electrons. The second-order valence-electron chi connectivity index (χ2n) is 5.58. The zero-order valence-electron chi connectivity index (χ0n) is 12.5. The van der Waals surface area contributed by atoms with Gasteiger partial charge in [-0.1, -0.05) is 17.8 Å². The maximum atomic E-state index is 12.7. The maximum absolute atomic E-state index is 12.7. The molecule has 0 saturated carbocycles. The number of Topliss-reactive ketones (excluding diaryl/α,β-unsaturated/α-hetero) is 1. The van der Waals surface area contributed by atoms with Gasteiger partial charge < -0.3 is 10.3 Å². The Morgan fingerprint density at radius 2 is 2.22 bits per heavy atom. The number of rotatable bonds is 2. The summed E-state index contributed by atoms with van der Waals surface area (Å²) in [5, 5.41) is 5.81. The molecule has 2 N–H and O–H groups in total. The van der Waals surface area contributed by atoms with Gasteiger partial charge in [-0.15, -0.1) is 11.3 Å². The van der Waals surface area contributed by atoms with Crippen molar-refractivity contribution in [1.82, 2.24) is 9.97 Å². The molecular formula is C16H15N3O2S2. The number of aromatic nitrogens is 2. The van der Waals surface area contributed by atoms with E-state index < -0.39 is 0 Å². The summed E-state index contributed by atoms with van der Waals surface area (Å²) in [6.07, 6.45) is 4.09. The van der Waals surface area contributed by atoms with Gasteiger partial charge in [0.25, 0.3) is 5.56 Å². The lowest BCUT2D eigenvalue weighted by molar-refractivity contribution is -0.116. The van der Waals surface area contributed by atoms with Crippen LogP contribution in [0.25, 0.3) is 0 Å². The van der Waals surface area contributed by atoms with Gasteiger partial charge in [-0.2, -0.15) is 0 Å². The highest BCUT2D eigenvalue weighted by molar-refractivity contribution is 7.98. The summed E-state index contributed by atoms with van der Waals surface area (Å²) < 4.78 is 0. The van der Waals surface area contributed by atoms with Crippen LogP contribution >= 0.6 is 23.1 Å². The van der Waals surface area contributed by atoms with E-state index in [0.717, 1.165) is 29.0 Å². The van der Waals surface area contributed by atoms with E-state index in [1.165, 1.54) is 11.8 Å². The Kier molecular flexibility index (Phi) is 3.61. The molecule has 1 aliphatic carbocycles. The van der Waals surface area contributed by atoms with Crippen molar-refractivity contribution in [1.29, 1.82) is 0 Å². The predicted molar refractivity (Wildman–Crippen MR) is 92.3 cm³/mol. The van der Waals surface area contributed by atoms with Gasteiger partial charge in [0, 0.05) is 22.6 Å². The van der Waals surface area contributed by atoms with Crippen molar-refractivity contribution in [3.63, 3.8) is 0 Å². The van der Waals surface area contributed by atoms with E-state index in [2.05, 4.69) is 15.3 Å². The molecule has 2 aromatic heterocycles. The van der Waals surface area contributed by atoms with E-state index in [4.69, 9.17) is 0 Å². The molecular weight excluding hydrogens is 330 g/mol. The number of hydrogen-bond donors (Lipinski definition) is 2. The van der Waals surface area contributed by atoms with Crippen LogP contribution in [0, 0.1) is 0 Å². The molecule has 3 heterocycles. The van der Waals surface area contributed by atoms with Crippen LogP contribution in [0.3, 0.4) is 0 Å². The molecule has 0 aromatic carbocycles. The second kappa shape index (κ2) is 5.65. The Morgan fingerprint density at radius 1 is 1.35 bits per heavy atom. The summed E-state index contributed by atoms with van der Waals surface area (Å²) in [5.41, 5.74) is 2.06. The van der Waals surface area contributed by atoms with Crippen LogP contribution in [0.2, 0.25) is 0 Å². The summed E-state index contributed by atoms with van der Waals surface area (Å²) in [7, 11) is 0. The lowest BCUT2D eigenvalue weighted by Crippen LogP contribution is -2.32. The van der Waals surface area contributed by atoms with Gasteiger partial charge in [0.1, 0.15) is 5.82 Å². The minimum Gasteiger partial charge on any atom is -0.343 e. The Labute approximate surface area is 141 Å². The summed E-state index contributed by atoms with van der Waals surface area (Å²) in [4.78, 5) is 33.6. The van der Waals surface area contributed by atoms with Crippen molar-refractivity contribution in [3.05, 3.63) is 49.6 Å². The highest BCUT2D eigenvalue weighted by Crippen LogP contribution is 2.44. The van der Waals surface area contributed by atoms with Crippen LogP contribution in [0.4, 0.5) is 5.82 Å². The Balaban J connectivity index is 1.98. The van der Waals surface area contributed by atoms with Crippen molar-refractivity contribution in [3.8, 4) is 0 Å². The number of carbonyl (C=O) groups is 1. The number of nitrogens with one attached hydrogen (secondary N) is 2. The number of fused-ring (bicyclic) bond motifs is 1. The van der Waals surface area contributed by atoms with E-state index in [0.29, 0.717) is 23.0 Å². The fourth-order valence-corrected chi connectivity index (χ4v) is 4.50. The van der Waals surface area contributed by atoms with E-state index in [9.17, 15) is 9.59 Å². The number of thiophene rings is 1. The van der Waals surface area contributed by atoms with Gasteiger partial charge in [-0.05, 0) is 30.5 Å². The third-order valence-corrected chi connectivity index (χ3v) is 5.77. The number of ketones is 1. The van der Waals surface area contributed by atoms with Crippen LogP contribution in [-0.4, -0.2) is 22.0 Å². The standard InChI is InChI=1S/C16H15N3O2S2/c1-22-16-18-14-13(15(21)19-16)12(10-6-3-7-23-10)11-8(17-14)4-2-5-9(11)20/h3,6-7,12H,2,4-5H2,1H3,(H2,17,18,19,21)/t12-/m0/s1. The average molecular weight is 345 g/mol. The number of carbonyl (C=O) groups excluding carboxylic acids is 1. The number of H-pyrrole nitrogens is 1. The predicted octanol–water partition coefficient (Wildman–Crippen LogP) is 3.12. The molecule has 0 fully saturated rings. The fraction of sp³-hybridized carbons (Fsp3) is 0.312. The highest BCUT2D eigenvalue weighted by atomic mass is 32.2. The van der Waals surface area contributed by atoms with Gasteiger partial charge in [0.15, 0.2) is 10.9 Å². The molecule has 2 aromatic rings. The first-order valence-electron chi connectivity index (χ1n) is 7.44. The van der Waals surface area contributed by atoms with Gasteiger partial charge in [0.2, 0.25) is 0 Å². The van der Waals surface area contributed by atoms with E-state index in [1.807, 2.05) is 23.8 Å². The summed E-state index contributed by atoms with van der Waals surface area (Å²) in [6, 6.07) is 3.94. The lowest BCUT2D eigenvalue weighted by atomic mass is 9.79. The topological polar surface area (TPSA) is 74.8 Å². The van der Waals surface area contributed by atoms with Crippen molar-refractivity contribution in [2.24, 2.45) is 0 Å². The first-order valence-corrected chi connectivity index (χ1v) is 9.54. The minimum absolute atomic E-state index is 0.135. The summed E-state index contributed by atoms with van der Waals surface area (Å²) in [5.74, 6) is 0.419. The first-order chi connectivity index (χ1) is 11.2. The largest absolute Gasteiger partial charge is 0.343 e. The number of anilines is 1. The molecule has 2 aliphatic rings. The van der Waals surface area contributed by atoms with Crippen LogP contribution < -0.4 is 10.9 Å². The molecule has 7 heteroatoms. The second-order valence-corrected chi connectivity index (χ2v) is 7.35. The van der Waals surface area contributed by atoms with Crippen molar-refractivity contribution >= 4 is 34.7 Å². The number of allylic oxidation sites excluding steroid dienone is 2. The zero-order valence-corrected chi connectivity index (χ0v) is 14.1. The smallest absolute Gasteiger partial charge is 0.257 e. The van der Waals surface area contributed by atoms with E-state index in [-0.39, 0.29) is 17.3 Å². The van der Waals surface area contributed by atoms with Crippen molar-refractivity contribution in [2.75, 3.05) is 11.6 Å². The van der Waals surface area contributed by atoms with Gasteiger partial charge in [0.05, 0.1) is 11.5 Å². The Hall–Kier alpha value is -1.86. The third-order valence-electron chi connectivity index (χ3n) is 4.26. The van der Waals surface area contributed by atoms with Crippen LogP contribution in [-0.2, 0) is 4.79 Å². The monoisotopic (exact) mass is 345 g/mol. The summed E-state index contributed by atoms with van der Waals surface area (Å²) in [6.45, 7) is 0. The Morgan fingerprint density at radius 3 is 2.96 bits per heavy atom. The number of hydrogen-bond acceptors (Lipinski definition) is 6. The zero-order chi connectivity index (χ0) is 16.0. The van der Waals surface area contributed by atoms with Gasteiger partial charge in [-0.25, -0.2) is 4.98 Å². The highest BCUT2D eigenvalue weighted by Gasteiger charge is 2.38. The lowest BCUT2D eigenvalue weighted by Gasteiger charge is -2.32. The molecule has 0 amide bonds. The minimum atomic E-state index is -0.304. The molecule has 0 saturated heterocycles. The normalized spacial score (nSPS) is 20.0. The quantitative estimate of drug-likeness (QED) is 0.646. The third kappa shape index (κ3) is 2.35. The van der Waals surface area contributed by atoms with E-state index >= 15 is 0 Å². The Bertz CT molecular complexity index is 868. The molecule has 1 atom stereocenters. The SMILES string of the molecule is CSc1nc2c(c(=O)[nH]1)[C@@H](c1cccs1)C1=C(CCCC1=O)N2. The van der Waals surface area contributed by atoms with E-state index in [1.54, 1.807) is 11.3 Å². The molecule has 4 rings (SSSR count). The van der Waals surface area contributed by atoms with Crippen molar-refractivity contribution in [2.45, 2.75) is 30.3 Å². The van der Waals surface area contributed by atoms with Gasteiger partial charge >= 0.3 is 0 Å². The summed E-state index contributed by atoms with van der Waals surface area (Å²) >= 11 is 2.97. The van der Waals surface area contributed by atoms with Crippen molar-refractivity contribution < 1.29 is 4.79 Å². The molecule has 0 spiro atoms. The maximum Gasteiger partial charge on any atom is 0.257 e. The average Bonchev–Trinajstić information content (AvgIpc) is 3.07. The number of aromatic amines is 1. The molecule has 0 bridgehead atoms. The molecule has 23 heavy (non-hydrogen) atoms. The van der Waals surface area contributed by atoms with Crippen LogP contribution in [0.15, 0.2) is 38.7 Å². The number of nitrogens with zero attached hydrogens (tertiary/aromatic N) is 1. The van der Waals surface area contributed by atoms with Crippen LogP contribution in [0.5, 0.6) is 0 Å². The van der Waals surface area contributed by atoms with Crippen LogP contribution in [0.1, 0.15) is 35.6 Å².